The molecule has 0 radical (unpaired) electrons. The summed E-state index contributed by atoms with van der Waals surface area (Å²) in [5.41, 5.74) is 14.4. The van der Waals surface area contributed by atoms with Crippen LogP contribution in [0.3, 0.4) is 0 Å². The summed E-state index contributed by atoms with van der Waals surface area (Å²) >= 11 is 0. The average Bonchev–Trinajstić information content (AvgIpc) is 3.83. The lowest BCUT2D eigenvalue weighted by Gasteiger charge is -2.26. The number of hydrogen-bond acceptors (Lipinski definition) is 2. The van der Waals surface area contributed by atoms with Gasteiger partial charge in [0.05, 0.1) is 16.7 Å². The number of rotatable bonds is 7. The molecule has 0 unspecified atom stereocenters. The van der Waals surface area contributed by atoms with Crippen LogP contribution in [0.5, 0.6) is 0 Å². The standard InChI is InChI=1S/C54H35FN2O/c55-40-27-34-47-46-14-5-8-19-51(46)57(52(47)35-40)50-18-7-4-13-44(50)38-23-30-42(31-24-38)56(41-28-21-37(22-29-41)36-11-2-1-3-12-36)43-32-25-39(26-33-43)45-16-10-17-49-48-15-6-9-20-53(48)58-54(45)49/h1-35H. The molecule has 0 spiro atoms. The summed E-state index contributed by atoms with van der Waals surface area (Å²) in [6, 6.07) is 73.0. The van der Waals surface area contributed by atoms with Crippen molar-refractivity contribution in [2.45, 2.75) is 0 Å². The third-order valence-electron chi connectivity index (χ3n) is 11.3. The minimum absolute atomic E-state index is 0.255. The summed E-state index contributed by atoms with van der Waals surface area (Å²) < 4.78 is 23.4. The van der Waals surface area contributed by atoms with Gasteiger partial charge >= 0.3 is 0 Å². The number of aromatic nitrogens is 1. The van der Waals surface area contributed by atoms with Gasteiger partial charge in [-0.3, -0.25) is 0 Å². The molecular weight excluding hydrogens is 712 g/mol. The van der Waals surface area contributed by atoms with Crippen molar-refractivity contribution < 1.29 is 8.81 Å². The van der Waals surface area contributed by atoms with Gasteiger partial charge in [-0.25, -0.2) is 4.39 Å². The fourth-order valence-corrected chi connectivity index (χ4v) is 8.55. The molecule has 0 atom stereocenters. The van der Waals surface area contributed by atoms with E-state index in [0.29, 0.717) is 0 Å². The number of halogens is 1. The highest BCUT2D eigenvalue weighted by Gasteiger charge is 2.19. The molecule has 0 aliphatic heterocycles. The molecule has 0 aliphatic carbocycles. The first-order chi connectivity index (χ1) is 28.7. The molecule has 11 aromatic rings. The molecule has 2 heterocycles. The molecule has 3 nitrogen and oxygen atoms in total. The Morgan fingerprint density at radius 3 is 1.66 bits per heavy atom. The topological polar surface area (TPSA) is 21.3 Å². The maximum Gasteiger partial charge on any atom is 0.143 e. The first-order valence-electron chi connectivity index (χ1n) is 19.5. The Kier molecular flexibility index (Phi) is 8.00. The molecule has 9 aromatic carbocycles. The molecule has 0 amide bonds. The lowest BCUT2D eigenvalue weighted by Crippen LogP contribution is -2.09. The summed E-state index contributed by atoms with van der Waals surface area (Å²) in [6.45, 7) is 0. The van der Waals surface area contributed by atoms with Crippen molar-refractivity contribution in [3.63, 3.8) is 0 Å². The first-order valence-corrected chi connectivity index (χ1v) is 19.5. The van der Waals surface area contributed by atoms with Gasteiger partial charge in [0.25, 0.3) is 0 Å². The van der Waals surface area contributed by atoms with Gasteiger partial charge in [-0.2, -0.15) is 0 Å². The van der Waals surface area contributed by atoms with Crippen molar-refractivity contribution in [2.24, 2.45) is 0 Å². The maximum atomic E-state index is 14.8. The van der Waals surface area contributed by atoms with Crippen LogP contribution >= 0.6 is 0 Å². The number of anilines is 3. The average molecular weight is 747 g/mol. The van der Waals surface area contributed by atoms with E-state index in [1.165, 1.54) is 5.56 Å². The molecule has 274 valence electrons. The van der Waals surface area contributed by atoms with Crippen molar-refractivity contribution in [3.05, 3.63) is 218 Å². The molecule has 0 saturated carbocycles. The predicted molar refractivity (Wildman–Crippen MR) is 239 cm³/mol. The largest absolute Gasteiger partial charge is 0.455 e. The van der Waals surface area contributed by atoms with Crippen LogP contribution in [-0.4, -0.2) is 4.57 Å². The molecule has 58 heavy (non-hydrogen) atoms. The second-order valence-corrected chi connectivity index (χ2v) is 14.7. The zero-order chi connectivity index (χ0) is 38.6. The molecule has 2 aromatic heterocycles. The van der Waals surface area contributed by atoms with Crippen molar-refractivity contribution >= 4 is 60.8 Å². The van der Waals surface area contributed by atoms with Gasteiger partial charge in [-0.05, 0) is 95.1 Å². The quantitative estimate of drug-likeness (QED) is 0.162. The number of hydrogen-bond donors (Lipinski definition) is 0. The van der Waals surface area contributed by atoms with Crippen LogP contribution in [0.25, 0.3) is 82.8 Å². The zero-order valence-corrected chi connectivity index (χ0v) is 31.4. The van der Waals surface area contributed by atoms with Gasteiger partial charge in [-0.1, -0.05) is 140 Å². The fourth-order valence-electron chi connectivity index (χ4n) is 8.55. The van der Waals surface area contributed by atoms with Gasteiger partial charge in [-0.15, -0.1) is 0 Å². The summed E-state index contributed by atoms with van der Waals surface area (Å²) in [6.07, 6.45) is 0. The Morgan fingerprint density at radius 1 is 0.379 bits per heavy atom. The van der Waals surface area contributed by atoms with Crippen LogP contribution in [0.15, 0.2) is 217 Å². The van der Waals surface area contributed by atoms with E-state index in [9.17, 15) is 4.39 Å². The summed E-state index contributed by atoms with van der Waals surface area (Å²) in [7, 11) is 0. The van der Waals surface area contributed by atoms with Crippen LogP contribution in [0, 0.1) is 5.82 Å². The van der Waals surface area contributed by atoms with E-state index < -0.39 is 0 Å². The lowest BCUT2D eigenvalue weighted by atomic mass is 10.0. The SMILES string of the molecule is Fc1ccc2c3ccccc3n(-c3ccccc3-c3ccc(N(c4ccc(-c5ccccc5)cc4)c4ccc(-c5cccc6c5oc5ccccc56)cc4)cc3)c2c1. The summed E-state index contributed by atoms with van der Waals surface area (Å²) in [5.74, 6) is -0.255. The Morgan fingerprint density at radius 2 is 0.914 bits per heavy atom. The number of furan rings is 1. The number of fused-ring (bicyclic) bond motifs is 6. The Bertz CT molecular complexity index is 3270. The summed E-state index contributed by atoms with van der Waals surface area (Å²) in [4.78, 5) is 2.30. The van der Waals surface area contributed by atoms with Crippen molar-refractivity contribution in [1.82, 2.24) is 4.57 Å². The molecule has 0 aliphatic rings. The molecule has 4 heteroatoms. The van der Waals surface area contributed by atoms with Gasteiger partial charge in [0.1, 0.15) is 17.0 Å². The molecule has 0 N–H and O–H groups in total. The Balaban J connectivity index is 1.01. The molecule has 0 saturated heterocycles. The summed E-state index contributed by atoms with van der Waals surface area (Å²) in [5, 5.41) is 4.36. The van der Waals surface area contributed by atoms with E-state index in [0.717, 1.165) is 94.3 Å². The van der Waals surface area contributed by atoms with Gasteiger partial charge in [0.2, 0.25) is 0 Å². The fraction of sp³-hybridized carbons (Fsp3) is 0. The normalized spacial score (nSPS) is 11.5. The second kappa shape index (κ2) is 13.8. The van der Waals surface area contributed by atoms with Gasteiger partial charge in [0.15, 0.2) is 0 Å². The minimum Gasteiger partial charge on any atom is -0.455 e. The highest BCUT2D eigenvalue weighted by Crippen LogP contribution is 2.41. The third kappa shape index (κ3) is 5.65. The smallest absolute Gasteiger partial charge is 0.143 e. The number of benzene rings is 9. The van der Waals surface area contributed by atoms with Gasteiger partial charge in [0, 0.05) is 49.7 Å². The Hall–Kier alpha value is -7.69. The predicted octanol–water partition coefficient (Wildman–Crippen LogP) is 15.3. The van der Waals surface area contributed by atoms with Crippen molar-refractivity contribution in [2.75, 3.05) is 4.90 Å². The number of nitrogens with zero attached hydrogens (tertiary/aromatic N) is 2. The molecule has 0 fully saturated rings. The van der Waals surface area contributed by atoms with E-state index in [2.05, 4.69) is 167 Å². The van der Waals surface area contributed by atoms with Crippen LogP contribution in [0.1, 0.15) is 0 Å². The highest BCUT2D eigenvalue weighted by atomic mass is 19.1. The van der Waals surface area contributed by atoms with Crippen molar-refractivity contribution in [1.29, 1.82) is 0 Å². The van der Waals surface area contributed by atoms with E-state index >= 15 is 0 Å². The van der Waals surface area contributed by atoms with E-state index in [1.54, 1.807) is 12.1 Å². The van der Waals surface area contributed by atoms with Crippen LogP contribution in [0.2, 0.25) is 0 Å². The Labute approximate surface area is 335 Å². The molecule has 11 rings (SSSR count). The lowest BCUT2D eigenvalue weighted by molar-refractivity contribution is 0.629. The number of para-hydroxylation sites is 4. The molecular formula is C54H35FN2O. The van der Waals surface area contributed by atoms with E-state index in [-0.39, 0.29) is 5.82 Å². The van der Waals surface area contributed by atoms with Crippen LogP contribution in [-0.2, 0) is 0 Å². The highest BCUT2D eigenvalue weighted by molar-refractivity contribution is 6.10. The molecule has 0 bridgehead atoms. The van der Waals surface area contributed by atoms with Crippen molar-refractivity contribution in [3.8, 4) is 39.1 Å². The zero-order valence-electron chi connectivity index (χ0n) is 31.4. The van der Waals surface area contributed by atoms with E-state index in [4.69, 9.17) is 4.42 Å². The van der Waals surface area contributed by atoms with Crippen LogP contribution < -0.4 is 4.90 Å². The van der Waals surface area contributed by atoms with Crippen LogP contribution in [0.4, 0.5) is 21.5 Å². The van der Waals surface area contributed by atoms with E-state index in [1.807, 2.05) is 42.5 Å². The monoisotopic (exact) mass is 746 g/mol. The second-order valence-electron chi connectivity index (χ2n) is 14.7. The minimum atomic E-state index is -0.255. The van der Waals surface area contributed by atoms with Gasteiger partial charge < -0.3 is 13.9 Å². The third-order valence-corrected chi connectivity index (χ3v) is 11.3. The maximum absolute atomic E-state index is 14.8. The first kappa shape index (κ1) is 33.6.